The van der Waals surface area contributed by atoms with Crippen LogP contribution in [0.3, 0.4) is 0 Å². The first-order valence-electron chi connectivity index (χ1n) is 12.7. The van der Waals surface area contributed by atoms with Crippen molar-refractivity contribution in [3.05, 3.63) is 54.6 Å². The summed E-state index contributed by atoms with van der Waals surface area (Å²) in [6.45, 7) is 0.504. The van der Waals surface area contributed by atoms with Gasteiger partial charge in [0, 0.05) is 24.2 Å². The highest BCUT2D eigenvalue weighted by Crippen LogP contribution is 2.37. The van der Waals surface area contributed by atoms with Crippen LogP contribution in [0.25, 0.3) is 10.9 Å². The Morgan fingerprint density at radius 2 is 1.90 bits per heavy atom. The zero-order valence-electron chi connectivity index (χ0n) is 22.2. The Morgan fingerprint density at radius 1 is 1.10 bits per heavy atom. The molecule has 0 spiro atoms. The predicted molar refractivity (Wildman–Crippen MR) is 142 cm³/mol. The highest BCUT2D eigenvalue weighted by molar-refractivity contribution is 6.04. The molecule has 3 aromatic heterocycles. The first kappa shape index (κ1) is 28.0. The quantitative estimate of drug-likeness (QED) is 0.284. The molecule has 41 heavy (non-hydrogen) atoms. The number of nitrogens with zero attached hydrogens (tertiary/aromatic N) is 4. The molecule has 1 aromatic carbocycles. The molecule has 2 N–H and O–H groups in total. The molecular weight excluding hydrogens is 545 g/mol. The Bertz CT molecular complexity index is 1520. The molecule has 0 aliphatic carbocycles. The van der Waals surface area contributed by atoms with E-state index in [-0.39, 0.29) is 23.2 Å². The van der Waals surface area contributed by atoms with E-state index in [0.29, 0.717) is 40.4 Å². The number of hydrogen-bond acceptors (Lipinski definition) is 9. The standard InChI is InChI=1S/C27H27F3N6O5/c1-38-21-9-18-19(10-22(21)39-2)32-8-6-20(18)41-17-3-4-24(33-12-17)34-26(37)25-23(40-15-27(28,29)30)14-36(35-25)13-16-5-7-31-11-16/h3-4,6,8-10,12,14,16,31H,5,7,11,13,15H2,1-2H3,(H,33,34,37). The predicted octanol–water partition coefficient (Wildman–Crippen LogP) is 4.44. The van der Waals surface area contributed by atoms with Crippen LogP contribution >= 0.6 is 0 Å². The van der Waals surface area contributed by atoms with Gasteiger partial charge in [0.15, 0.2) is 29.5 Å². The van der Waals surface area contributed by atoms with Crippen LogP contribution in [0.15, 0.2) is 48.9 Å². The van der Waals surface area contributed by atoms with Crippen molar-refractivity contribution >= 4 is 22.6 Å². The van der Waals surface area contributed by atoms with Crippen molar-refractivity contribution in [2.45, 2.75) is 19.1 Å². The monoisotopic (exact) mass is 572 g/mol. The smallest absolute Gasteiger partial charge is 0.422 e. The van der Waals surface area contributed by atoms with Gasteiger partial charge in [0.1, 0.15) is 17.3 Å². The molecule has 1 fully saturated rings. The van der Waals surface area contributed by atoms with Crippen LogP contribution in [0, 0.1) is 5.92 Å². The van der Waals surface area contributed by atoms with Gasteiger partial charge in [-0.05, 0) is 49.7 Å². The largest absolute Gasteiger partial charge is 0.493 e. The summed E-state index contributed by atoms with van der Waals surface area (Å²) in [5, 5.41) is 10.7. The van der Waals surface area contributed by atoms with Gasteiger partial charge in [0.2, 0.25) is 0 Å². The Morgan fingerprint density at radius 3 is 2.59 bits per heavy atom. The molecule has 4 heterocycles. The maximum atomic E-state index is 13.0. The summed E-state index contributed by atoms with van der Waals surface area (Å²) >= 11 is 0. The molecule has 0 saturated carbocycles. The lowest BCUT2D eigenvalue weighted by Gasteiger charge is -2.12. The van der Waals surface area contributed by atoms with Gasteiger partial charge < -0.3 is 29.6 Å². The minimum absolute atomic E-state index is 0.143. The molecule has 216 valence electrons. The summed E-state index contributed by atoms with van der Waals surface area (Å²) < 4.78 is 61.5. The number of halogens is 3. The maximum Gasteiger partial charge on any atom is 0.422 e. The minimum Gasteiger partial charge on any atom is -0.493 e. The average molecular weight is 573 g/mol. The maximum absolute atomic E-state index is 13.0. The van der Waals surface area contributed by atoms with Gasteiger partial charge in [0.05, 0.1) is 32.1 Å². The van der Waals surface area contributed by atoms with Crippen molar-refractivity contribution in [1.29, 1.82) is 0 Å². The Hall–Kier alpha value is -4.59. The Labute approximate surface area is 232 Å². The second kappa shape index (κ2) is 11.9. The number of nitrogens with one attached hydrogen (secondary N) is 2. The van der Waals surface area contributed by atoms with Gasteiger partial charge in [-0.1, -0.05) is 0 Å². The summed E-state index contributed by atoms with van der Waals surface area (Å²) in [6.07, 6.45) is 0.629. The molecule has 0 bridgehead atoms. The highest BCUT2D eigenvalue weighted by atomic mass is 19.4. The SMILES string of the molecule is COc1cc2nccc(Oc3ccc(NC(=O)c4nn(CC5CCNC5)cc4OCC(F)(F)F)nc3)c2cc1OC. The van der Waals surface area contributed by atoms with E-state index in [2.05, 4.69) is 25.7 Å². The highest BCUT2D eigenvalue weighted by Gasteiger charge is 2.30. The lowest BCUT2D eigenvalue weighted by molar-refractivity contribution is -0.153. The number of aromatic nitrogens is 4. The molecule has 1 aliphatic rings. The van der Waals surface area contributed by atoms with E-state index in [0.717, 1.165) is 19.5 Å². The third kappa shape index (κ3) is 6.77. The van der Waals surface area contributed by atoms with Crippen LogP contribution in [0.2, 0.25) is 0 Å². The second-order valence-electron chi connectivity index (χ2n) is 9.30. The third-order valence-corrected chi connectivity index (χ3v) is 6.35. The zero-order valence-corrected chi connectivity index (χ0v) is 22.2. The topological polar surface area (TPSA) is 122 Å². The van der Waals surface area contributed by atoms with E-state index in [4.69, 9.17) is 18.9 Å². The lowest BCUT2D eigenvalue weighted by Crippen LogP contribution is -2.21. The van der Waals surface area contributed by atoms with E-state index in [1.54, 1.807) is 30.5 Å². The number of alkyl halides is 3. The van der Waals surface area contributed by atoms with Crippen LogP contribution in [0.1, 0.15) is 16.9 Å². The number of amides is 1. The van der Waals surface area contributed by atoms with Gasteiger partial charge in [-0.2, -0.15) is 18.3 Å². The van der Waals surface area contributed by atoms with Crippen LogP contribution < -0.4 is 29.6 Å². The van der Waals surface area contributed by atoms with E-state index in [1.165, 1.54) is 37.4 Å². The fraction of sp³-hybridized carbons (Fsp3) is 0.333. The van der Waals surface area contributed by atoms with Gasteiger partial charge in [-0.15, -0.1) is 0 Å². The molecule has 0 radical (unpaired) electrons. The van der Waals surface area contributed by atoms with Crippen molar-refractivity contribution in [2.75, 3.05) is 39.2 Å². The van der Waals surface area contributed by atoms with Crippen molar-refractivity contribution in [2.24, 2.45) is 5.92 Å². The number of ether oxygens (including phenoxy) is 4. The van der Waals surface area contributed by atoms with Crippen molar-refractivity contribution < 1.29 is 36.9 Å². The van der Waals surface area contributed by atoms with Crippen molar-refractivity contribution in [1.82, 2.24) is 25.1 Å². The molecular formula is C27H27F3N6O5. The first-order valence-corrected chi connectivity index (χ1v) is 12.7. The Kier molecular flexibility index (Phi) is 8.10. The number of fused-ring (bicyclic) bond motifs is 1. The Balaban J connectivity index is 1.31. The van der Waals surface area contributed by atoms with Crippen LogP contribution in [0.4, 0.5) is 19.0 Å². The molecule has 1 unspecified atom stereocenters. The molecule has 5 rings (SSSR count). The molecule has 1 atom stereocenters. The lowest BCUT2D eigenvalue weighted by atomic mass is 10.1. The normalized spacial score (nSPS) is 15.1. The van der Waals surface area contributed by atoms with Crippen molar-refractivity contribution in [3.8, 4) is 28.7 Å². The van der Waals surface area contributed by atoms with E-state index >= 15 is 0 Å². The summed E-state index contributed by atoms with van der Waals surface area (Å²) in [6, 6.07) is 8.25. The number of anilines is 1. The summed E-state index contributed by atoms with van der Waals surface area (Å²) in [4.78, 5) is 21.5. The van der Waals surface area contributed by atoms with E-state index in [9.17, 15) is 18.0 Å². The third-order valence-electron chi connectivity index (χ3n) is 6.35. The summed E-state index contributed by atoms with van der Waals surface area (Å²) in [7, 11) is 3.06. The van der Waals surface area contributed by atoms with Gasteiger partial charge in [-0.3, -0.25) is 14.5 Å². The van der Waals surface area contributed by atoms with Crippen LogP contribution in [0.5, 0.6) is 28.7 Å². The number of rotatable bonds is 10. The van der Waals surface area contributed by atoms with E-state index < -0.39 is 18.7 Å². The summed E-state index contributed by atoms with van der Waals surface area (Å²) in [5.74, 6) is 1.27. The molecule has 14 heteroatoms. The minimum atomic E-state index is -4.57. The number of carbonyl (C=O) groups is 1. The van der Waals surface area contributed by atoms with E-state index in [1.807, 2.05) is 0 Å². The molecule has 11 nitrogen and oxygen atoms in total. The number of hydrogen-bond donors (Lipinski definition) is 2. The van der Waals surface area contributed by atoms with Crippen LogP contribution in [-0.2, 0) is 6.54 Å². The number of carbonyl (C=O) groups excluding carboxylic acids is 1. The fourth-order valence-corrected chi connectivity index (χ4v) is 4.41. The molecule has 1 saturated heterocycles. The first-order chi connectivity index (χ1) is 19.7. The number of pyridine rings is 2. The zero-order chi connectivity index (χ0) is 29.0. The molecule has 1 amide bonds. The second-order valence-corrected chi connectivity index (χ2v) is 9.30. The van der Waals surface area contributed by atoms with Crippen LogP contribution in [-0.4, -0.2) is 65.7 Å². The molecule has 1 aliphatic heterocycles. The fourth-order valence-electron chi connectivity index (χ4n) is 4.41. The van der Waals surface area contributed by atoms with Gasteiger partial charge in [0.25, 0.3) is 5.91 Å². The average Bonchev–Trinajstić information content (AvgIpc) is 3.62. The van der Waals surface area contributed by atoms with Crippen molar-refractivity contribution in [3.63, 3.8) is 0 Å². The number of benzene rings is 1. The number of methoxy groups -OCH3 is 2. The molecule has 4 aromatic rings. The van der Waals surface area contributed by atoms with Gasteiger partial charge >= 0.3 is 6.18 Å². The van der Waals surface area contributed by atoms with Gasteiger partial charge in [-0.25, -0.2) is 4.98 Å². The summed E-state index contributed by atoms with van der Waals surface area (Å²) in [5.41, 5.74) is 0.360.